The fourth-order valence-corrected chi connectivity index (χ4v) is 5.89. The van der Waals surface area contributed by atoms with Crippen molar-refractivity contribution in [1.29, 1.82) is 5.26 Å². The zero-order valence-corrected chi connectivity index (χ0v) is 18.0. The molecule has 0 bridgehead atoms. The number of H-pyrrole nitrogens is 1. The number of nitriles is 1. The van der Waals surface area contributed by atoms with Crippen LogP contribution < -0.4 is 5.56 Å². The Labute approximate surface area is 177 Å². The molecule has 0 saturated carbocycles. The Kier molecular flexibility index (Phi) is 5.39. The molecular formula is C22H21N3O2S2. The second-order valence-corrected chi connectivity index (χ2v) is 9.20. The maximum Gasteiger partial charge on any atom is 0.266 e. The van der Waals surface area contributed by atoms with E-state index in [4.69, 9.17) is 0 Å². The van der Waals surface area contributed by atoms with Crippen LogP contribution in [0.3, 0.4) is 0 Å². The number of amides is 1. The quantitative estimate of drug-likeness (QED) is 0.686. The van der Waals surface area contributed by atoms with Crippen LogP contribution in [0, 0.1) is 25.2 Å². The molecule has 0 radical (unpaired) electrons. The van der Waals surface area contributed by atoms with Crippen molar-refractivity contribution in [2.24, 2.45) is 0 Å². The number of nitrogens with zero attached hydrogens (tertiary/aromatic N) is 2. The monoisotopic (exact) mass is 423 g/mol. The minimum atomic E-state index is -0.364. The molecule has 4 rings (SSSR count). The SMILES string of the molecule is Cc1[nH]c(=O)c(C#N)c(C)c1CCC(=O)N1CCc2sccc2C1c1cccs1. The van der Waals surface area contributed by atoms with Crippen molar-refractivity contribution in [2.75, 3.05) is 6.54 Å². The van der Waals surface area contributed by atoms with Gasteiger partial charge in [0.2, 0.25) is 5.91 Å². The topological polar surface area (TPSA) is 77.0 Å². The Hall–Kier alpha value is -2.69. The molecule has 1 amide bonds. The van der Waals surface area contributed by atoms with Crippen molar-refractivity contribution >= 4 is 28.6 Å². The summed E-state index contributed by atoms with van der Waals surface area (Å²) in [5, 5.41) is 13.4. The van der Waals surface area contributed by atoms with Crippen molar-refractivity contribution < 1.29 is 4.79 Å². The molecule has 1 atom stereocenters. The lowest BCUT2D eigenvalue weighted by molar-refractivity contribution is -0.133. The van der Waals surface area contributed by atoms with E-state index < -0.39 is 0 Å². The van der Waals surface area contributed by atoms with Crippen molar-refractivity contribution in [1.82, 2.24) is 9.88 Å². The van der Waals surface area contributed by atoms with Gasteiger partial charge in [0.05, 0.1) is 6.04 Å². The van der Waals surface area contributed by atoms with Crippen molar-refractivity contribution in [3.05, 3.63) is 77.0 Å². The number of rotatable bonds is 4. The zero-order valence-electron chi connectivity index (χ0n) is 16.3. The van der Waals surface area contributed by atoms with Crippen LogP contribution in [0.4, 0.5) is 0 Å². The zero-order chi connectivity index (χ0) is 20.5. The van der Waals surface area contributed by atoms with Crippen LogP contribution in [0.15, 0.2) is 33.8 Å². The maximum atomic E-state index is 13.2. The summed E-state index contributed by atoms with van der Waals surface area (Å²) in [6.45, 7) is 4.32. The van der Waals surface area contributed by atoms with E-state index in [1.54, 1.807) is 29.6 Å². The van der Waals surface area contributed by atoms with Crippen LogP contribution in [0.25, 0.3) is 0 Å². The van der Waals surface area contributed by atoms with E-state index in [2.05, 4.69) is 27.9 Å². The van der Waals surface area contributed by atoms with E-state index in [1.165, 1.54) is 15.3 Å². The average molecular weight is 424 g/mol. The number of hydrogen-bond donors (Lipinski definition) is 1. The Balaban J connectivity index is 1.59. The third-order valence-electron chi connectivity index (χ3n) is 5.61. The highest BCUT2D eigenvalue weighted by Crippen LogP contribution is 2.39. The van der Waals surface area contributed by atoms with Gasteiger partial charge in [-0.25, -0.2) is 0 Å². The Morgan fingerprint density at radius 1 is 1.31 bits per heavy atom. The third kappa shape index (κ3) is 3.54. The molecule has 4 heterocycles. The highest BCUT2D eigenvalue weighted by molar-refractivity contribution is 7.10. The van der Waals surface area contributed by atoms with Crippen molar-refractivity contribution in [3.8, 4) is 6.07 Å². The molecule has 1 unspecified atom stereocenters. The van der Waals surface area contributed by atoms with Gasteiger partial charge in [-0.15, -0.1) is 22.7 Å². The molecule has 1 N–H and O–H groups in total. The number of aryl methyl sites for hydroxylation is 1. The molecule has 0 aliphatic carbocycles. The number of fused-ring (bicyclic) bond motifs is 1. The summed E-state index contributed by atoms with van der Waals surface area (Å²) in [4.78, 5) is 32.5. The van der Waals surface area contributed by atoms with Gasteiger partial charge in [0.1, 0.15) is 11.6 Å². The van der Waals surface area contributed by atoms with Crippen molar-refractivity contribution in [3.63, 3.8) is 0 Å². The van der Waals surface area contributed by atoms with E-state index in [9.17, 15) is 14.9 Å². The van der Waals surface area contributed by atoms with Gasteiger partial charge < -0.3 is 9.88 Å². The first-order valence-corrected chi connectivity index (χ1v) is 11.3. The summed E-state index contributed by atoms with van der Waals surface area (Å²) >= 11 is 3.44. The lowest BCUT2D eigenvalue weighted by Gasteiger charge is -2.35. The highest BCUT2D eigenvalue weighted by atomic mass is 32.1. The van der Waals surface area contributed by atoms with Gasteiger partial charge in [-0.1, -0.05) is 6.07 Å². The lowest BCUT2D eigenvalue weighted by atomic mass is 9.96. The van der Waals surface area contributed by atoms with Crippen LogP contribution in [0.2, 0.25) is 0 Å². The number of carbonyl (C=O) groups is 1. The van der Waals surface area contributed by atoms with E-state index >= 15 is 0 Å². The second kappa shape index (κ2) is 7.97. The molecule has 7 heteroatoms. The van der Waals surface area contributed by atoms with E-state index in [-0.39, 0.29) is 23.1 Å². The number of carbonyl (C=O) groups excluding carboxylic acids is 1. The Morgan fingerprint density at radius 3 is 2.86 bits per heavy atom. The first-order valence-electron chi connectivity index (χ1n) is 9.52. The van der Waals surface area contributed by atoms with Crippen LogP contribution in [0.5, 0.6) is 0 Å². The summed E-state index contributed by atoms with van der Waals surface area (Å²) in [6.07, 6.45) is 1.74. The van der Waals surface area contributed by atoms with Gasteiger partial charge in [-0.3, -0.25) is 9.59 Å². The van der Waals surface area contributed by atoms with Gasteiger partial charge in [0.25, 0.3) is 5.56 Å². The molecule has 148 valence electrons. The third-order valence-corrected chi connectivity index (χ3v) is 7.53. The molecular weight excluding hydrogens is 402 g/mol. The summed E-state index contributed by atoms with van der Waals surface area (Å²) in [5.74, 6) is 0.101. The van der Waals surface area contributed by atoms with E-state index in [0.717, 1.165) is 17.7 Å². The molecule has 0 saturated heterocycles. The Morgan fingerprint density at radius 2 is 2.14 bits per heavy atom. The van der Waals surface area contributed by atoms with Gasteiger partial charge >= 0.3 is 0 Å². The molecule has 0 spiro atoms. The van der Waals surface area contributed by atoms with E-state index in [0.29, 0.717) is 24.9 Å². The van der Waals surface area contributed by atoms with E-state index in [1.807, 2.05) is 24.0 Å². The fourth-order valence-electron chi connectivity index (χ4n) is 4.13. The maximum absolute atomic E-state index is 13.2. The highest BCUT2D eigenvalue weighted by Gasteiger charge is 2.33. The van der Waals surface area contributed by atoms with Crippen molar-refractivity contribution in [2.45, 2.75) is 39.2 Å². The van der Waals surface area contributed by atoms with Crippen LogP contribution in [0.1, 0.15) is 50.2 Å². The normalized spacial score (nSPS) is 15.8. The molecule has 29 heavy (non-hydrogen) atoms. The minimum absolute atomic E-state index is 0.0232. The number of aromatic amines is 1. The predicted molar refractivity (Wildman–Crippen MR) is 115 cm³/mol. The number of aromatic nitrogens is 1. The number of pyridine rings is 1. The molecule has 1 aliphatic heterocycles. The number of nitrogens with one attached hydrogen (secondary N) is 1. The van der Waals surface area contributed by atoms with Gasteiger partial charge in [-0.2, -0.15) is 5.26 Å². The molecule has 1 aliphatic rings. The molecule has 0 fully saturated rings. The summed E-state index contributed by atoms with van der Waals surface area (Å²) in [6, 6.07) is 8.22. The van der Waals surface area contributed by atoms with Crippen LogP contribution >= 0.6 is 22.7 Å². The molecule has 3 aromatic heterocycles. The number of hydrogen-bond acceptors (Lipinski definition) is 5. The standard InChI is InChI=1S/C22H21N3O2S2/c1-13-15(14(2)24-22(27)17(13)12-23)5-6-20(26)25-9-7-18-16(8-11-29-18)21(25)19-4-3-10-28-19/h3-4,8,10-11,21H,5-7,9H2,1-2H3,(H,24,27). The fraction of sp³-hybridized carbons (Fsp3) is 0.318. The summed E-state index contributed by atoms with van der Waals surface area (Å²) in [7, 11) is 0. The number of thiophene rings is 2. The molecule has 5 nitrogen and oxygen atoms in total. The smallest absolute Gasteiger partial charge is 0.266 e. The lowest BCUT2D eigenvalue weighted by Crippen LogP contribution is -2.40. The first-order chi connectivity index (χ1) is 14.0. The largest absolute Gasteiger partial charge is 0.330 e. The second-order valence-electron chi connectivity index (χ2n) is 7.22. The molecule has 0 aromatic carbocycles. The van der Waals surface area contributed by atoms with Gasteiger partial charge in [-0.05, 0) is 66.3 Å². The average Bonchev–Trinajstić information content (AvgIpc) is 3.38. The van der Waals surface area contributed by atoms with Gasteiger partial charge in [0, 0.05) is 28.4 Å². The van der Waals surface area contributed by atoms with Gasteiger partial charge in [0.15, 0.2) is 0 Å². The molecule has 3 aromatic rings. The summed E-state index contributed by atoms with van der Waals surface area (Å²) < 4.78 is 0. The first kappa shape index (κ1) is 19.6. The predicted octanol–water partition coefficient (Wildman–Crippen LogP) is 4.09. The van der Waals surface area contributed by atoms with Crippen LogP contribution in [-0.2, 0) is 17.6 Å². The Bertz CT molecular complexity index is 1150. The van der Waals surface area contributed by atoms with Crippen LogP contribution in [-0.4, -0.2) is 22.3 Å². The summed E-state index contributed by atoms with van der Waals surface area (Å²) in [5.41, 5.74) is 3.30. The minimum Gasteiger partial charge on any atom is -0.330 e.